The van der Waals surface area contributed by atoms with Crippen molar-refractivity contribution in [2.75, 3.05) is 5.75 Å². The summed E-state index contributed by atoms with van der Waals surface area (Å²) in [6.45, 7) is 13.8. The van der Waals surface area contributed by atoms with Crippen molar-refractivity contribution < 1.29 is 5.11 Å². The summed E-state index contributed by atoms with van der Waals surface area (Å²) >= 11 is 2.04. The molecule has 1 fully saturated rings. The smallest absolute Gasteiger partial charge is 0.0576 e. The van der Waals surface area contributed by atoms with E-state index in [0.717, 1.165) is 6.42 Å². The maximum atomic E-state index is 10.3. The molecule has 1 rings (SSSR count). The minimum Gasteiger partial charge on any atom is -0.393 e. The van der Waals surface area contributed by atoms with Crippen LogP contribution in [0.1, 0.15) is 67.2 Å². The monoisotopic (exact) mass is 272 g/mol. The Morgan fingerprint density at radius 1 is 1.11 bits per heavy atom. The maximum absolute atomic E-state index is 10.3. The quantitative estimate of drug-likeness (QED) is 0.798. The first kappa shape index (κ1) is 16.4. The van der Waals surface area contributed by atoms with Crippen LogP contribution in [0.5, 0.6) is 0 Å². The molecule has 1 aliphatic rings. The zero-order chi connectivity index (χ0) is 14.0. The highest BCUT2D eigenvalue weighted by Crippen LogP contribution is 2.43. The fraction of sp³-hybridized carbons (Fsp3) is 1.00. The van der Waals surface area contributed by atoms with Crippen molar-refractivity contribution >= 4 is 11.8 Å². The van der Waals surface area contributed by atoms with Crippen LogP contribution in [0.3, 0.4) is 0 Å². The maximum Gasteiger partial charge on any atom is 0.0576 e. The van der Waals surface area contributed by atoms with Gasteiger partial charge in [0.1, 0.15) is 0 Å². The lowest BCUT2D eigenvalue weighted by Gasteiger charge is -2.42. The number of aliphatic hydroxyl groups excluding tert-OH is 1. The standard InChI is InChI=1S/C16H32OS/c1-12-7-8-13(14(17)11-12)16(5,6)9-10-18-15(2,3)4/h12-14,17H,7-11H2,1-6H3. The van der Waals surface area contributed by atoms with E-state index in [1.807, 2.05) is 11.8 Å². The number of rotatable bonds is 4. The molecule has 0 bridgehead atoms. The van der Waals surface area contributed by atoms with Crippen molar-refractivity contribution in [3.63, 3.8) is 0 Å². The van der Waals surface area contributed by atoms with E-state index in [1.165, 1.54) is 25.0 Å². The van der Waals surface area contributed by atoms with Crippen molar-refractivity contribution in [3.8, 4) is 0 Å². The molecule has 3 unspecified atom stereocenters. The third-order valence-corrected chi connectivity index (χ3v) is 5.64. The van der Waals surface area contributed by atoms with E-state index in [-0.39, 0.29) is 11.5 Å². The van der Waals surface area contributed by atoms with Crippen LogP contribution in [0.15, 0.2) is 0 Å². The first-order valence-electron chi connectivity index (χ1n) is 7.44. The van der Waals surface area contributed by atoms with E-state index in [2.05, 4.69) is 41.5 Å². The Hall–Kier alpha value is 0.310. The predicted octanol–water partition coefficient (Wildman–Crippen LogP) is 4.73. The van der Waals surface area contributed by atoms with Crippen LogP contribution in [0.4, 0.5) is 0 Å². The van der Waals surface area contributed by atoms with Gasteiger partial charge in [0.25, 0.3) is 0 Å². The zero-order valence-electron chi connectivity index (χ0n) is 13.1. The van der Waals surface area contributed by atoms with E-state index < -0.39 is 0 Å². The van der Waals surface area contributed by atoms with E-state index in [9.17, 15) is 5.11 Å². The molecule has 0 aliphatic heterocycles. The molecule has 18 heavy (non-hydrogen) atoms. The first-order valence-corrected chi connectivity index (χ1v) is 8.42. The Morgan fingerprint density at radius 2 is 1.72 bits per heavy atom. The van der Waals surface area contributed by atoms with Crippen LogP contribution < -0.4 is 0 Å². The van der Waals surface area contributed by atoms with Gasteiger partial charge in [0.05, 0.1) is 6.10 Å². The fourth-order valence-electron chi connectivity index (χ4n) is 3.07. The molecular formula is C16H32OS. The summed E-state index contributed by atoms with van der Waals surface area (Å²) in [5.41, 5.74) is 0.276. The highest BCUT2D eigenvalue weighted by molar-refractivity contribution is 8.00. The van der Waals surface area contributed by atoms with E-state index in [4.69, 9.17) is 0 Å². The Labute approximate surface area is 118 Å². The van der Waals surface area contributed by atoms with Crippen LogP contribution in [0.2, 0.25) is 0 Å². The van der Waals surface area contributed by atoms with Crippen LogP contribution in [-0.2, 0) is 0 Å². The van der Waals surface area contributed by atoms with E-state index in [1.54, 1.807) is 0 Å². The second-order valence-electron chi connectivity index (χ2n) is 7.79. The molecule has 0 spiro atoms. The molecule has 0 aromatic heterocycles. The second-order valence-corrected chi connectivity index (χ2v) is 9.71. The summed E-state index contributed by atoms with van der Waals surface area (Å²) in [5, 5.41) is 10.3. The van der Waals surface area contributed by atoms with Gasteiger partial charge in [-0.1, -0.05) is 48.0 Å². The molecule has 0 heterocycles. The normalized spacial score (nSPS) is 30.5. The number of hydrogen-bond donors (Lipinski definition) is 1. The Kier molecular flexibility index (Phi) is 5.61. The summed E-state index contributed by atoms with van der Waals surface area (Å²) in [6.07, 6.45) is 4.63. The molecule has 0 radical (unpaired) electrons. The Balaban J connectivity index is 2.47. The van der Waals surface area contributed by atoms with Gasteiger partial charge in [-0.05, 0) is 42.3 Å². The van der Waals surface area contributed by atoms with Gasteiger partial charge < -0.3 is 5.11 Å². The molecule has 1 nitrogen and oxygen atoms in total. The van der Waals surface area contributed by atoms with Crippen LogP contribution >= 0.6 is 11.8 Å². The lowest BCUT2D eigenvalue weighted by Crippen LogP contribution is -2.39. The summed E-state index contributed by atoms with van der Waals surface area (Å²) in [5.74, 6) is 2.40. The third-order valence-electron chi connectivity index (χ3n) is 4.36. The second kappa shape index (κ2) is 6.17. The molecular weight excluding hydrogens is 240 g/mol. The minimum atomic E-state index is -0.0802. The van der Waals surface area contributed by atoms with Crippen LogP contribution in [-0.4, -0.2) is 21.7 Å². The van der Waals surface area contributed by atoms with Gasteiger partial charge in [-0.2, -0.15) is 11.8 Å². The lowest BCUT2D eigenvalue weighted by molar-refractivity contribution is -0.0136. The van der Waals surface area contributed by atoms with E-state index >= 15 is 0 Å². The van der Waals surface area contributed by atoms with E-state index in [0.29, 0.717) is 16.6 Å². The number of thioether (sulfide) groups is 1. The molecule has 0 aromatic carbocycles. The average molecular weight is 272 g/mol. The molecule has 0 amide bonds. The van der Waals surface area contributed by atoms with Gasteiger partial charge in [-0.3, -0.25) is 0 Å². The molecule has 0 saturated heterocycles. The summed E-state index contributed by atoms with van der Waals surface area (Å²) in [7, 11) is 0. The van der Waals surface area contributed by atoms with Gasteiger partial charge in [0.2, 0.25) is 0 Å². The highest BCUT2D eigenvalue weighted by Gasteiger charge is 2.37. The van der Waals surface area contributed by atoms with Crippen LogP contribution in [0.25, 0.3) is 0 Å². The van der Waals surface area contributed by atoms with Gasteiger partial charge in [-0.15, -0.1) is 0 Å². The number of hydrogen-bond acceptors (Lipinski definition) is 2. The minimum absolute atomic E-state index is 0.0802. The highest BCUT2D eigenvalue weighted by atomic mass is 32.2. The lowest BCUT2D eigenvalue weighted by atomic mass is 9.66. The molecule has 3 atom stereocenters. The molecule has 1 aliphatic carbocycles. The Bertz CT molecular complexity index is 254. The Morgan fingerprint density at radius 3 is 2.22 bits per heavy atom. The average Bonchev–Trinajstić information content (AvgIpc) is 2.13. The summed E-state index contributed by atoms with van der Waals surface area (Å²) in [4.78, 5) is 0. The predicted molar refractivity (Wildman–Crippen MR) is 83.1 cm³/mol. The van der Waals surface area contributed by atoms with Crippen molar-refractivity contribution in [3.05, 3.63) is 0 Å². The molecule has 1 saturated carbocycles. The van der Waals surface area contributed by atoms with Crippen molar-refractivity contribution in [1.29, 1.82) is 0 Å². The third kappa shape index (κ3) is 5.13. The van der Waals surface area contributed by atoms with Crippen molar-refractivity contribution in [2.24, 2.45) is 17.3 Å². The van der Waals surface area contributed by atoms with Gasteiger partial charge in [0, 0.05) is 4.75 Å². The number of aliphatic hydroxyl groups is 1. The van der Waals surface area contributed by atoms with Crippen molar-refractivity contribution in [1.82, 2.24) is 0 Å². The van der Waals surface area contributed by atoms with Gasteiger partial charge in [-0.25, -0.2) is 0 Å². The fourth-order valence-corrected chi connectivity index (χ4v) is 4.31. The van der Waals surface area contributed by atoms with Gasteiger partial charge >= 0.3 is 0 Å². The molecule has 0 aromatic rings. The largest absolute Gasteiger partial charge is 0.393 e. The molecule has 108 valence electrons. The van der Waals surface area contributed by atoms with Crippen molar-refractivity contribution in [2.45, 2.75) is 78.1 Å². The SMILES string of the molecule is CC1CCC(C(C)(C)CCSC(C)(C)C)C(O)C1. The summed E-state index contributed by atoms with van der Waals surface area (Å²) < 4.78 is 0.357. The van der Waals surface area contributed by atoms with Gasteiger partial charge in [0.15, 0.2) is 0 Å². The first-order chi connectivity index (χ1) is 8.12. The van der Waals surface area contributed by atoms with Crippen LogP contribution in [0, 0.1) is 17.3 Å². The topological polar surface area (TPSA) is 20.2 Å². The molecule has 1 N–H and O–H groups in total. The summed E-state index contributed by atoms with van der Waals surface area (Å²) in [6, 6.07) is 0. The zero-order valence-corrected chi connectivity index (χ0v) is 13.9. The molecule has 2 heteroatoms.